The minimum atomic E-state index is -0.271. The highest BCUT2D eigenvalue weighted by atomic mass is 16.1. The Balaban J connectivity index is 2.46. The van der Waals surface area contributed by atoms with E-state index in [1.165, 1.54) is 0 Å². The Kier molecular flexibility index (Phi) is 4.49. The first-order chi connectivity index (χ1) is 7.50. The smallest absolute Gasteiger partial charge is 0.349 e. The Morgan fingerprint density at radius 3 is 2.81 bits per heavy atom. The molecule has 0 radical (unpaired) electrons. The van der Waals surface area contributed by atoms with Crippen molar-refractivity contribution in [3.8, 4) is 0 Å². The third-order valence-electron chi connectivity index (χ3n) is 2.69. The zero-order chi connectivity index (χ0) is 12.1. The van der Waals surface area contributed by atoms with E-state index in [0.717, 1.165) is 13.0 Å². The molecule has 0 aromatic carbocycles. The van der Waals surface area contributed by atoms with Gasteiger partial charge in [0.2, 0.25) is 0 Å². The SMILES string of the molecule is CC(C)N(C)CCCn1ccc(N)nc1=O. The van der Waals surface area contributed by atoms with Crippen molar-refractivity contribution < 1.29 is 0 Å². The van der Waals surface area contributed by atoms with Crippen LogP contribution in [0, 0.1) is 0 Å². The van der Waals surface area contributed by atoms with Crippen molar-refractivity contribution in [2.24, 2.45) is 0 Å². The molecule has 1 heterocycles. The Hall–Kier alpha value is -1.36. The average molecular weight is 224 g/mol. The van der Waals surface area contributed by atoms with E-state index < -0.39 is 0 Å². The number of hydrogen-bond donors (Lipinski definition) is 1. The summed E-state index contributed by atoms with van der Waals surface area (Å²) >= 11 is 0. The van der Waals surface area contributed by atoms with Crippen LogP contribution in [0.15, 0.2) is 17.1 Å². The van der Waals surface area contributed by atoms with Crippen molar-refractivity contribution in [3.05, 3.63) is 22.7 Å². The van der Waals surface area contributed by atoms with Crippen LogP contribution in [0.4, 0.5) is 5.82 Å². The molecule has 90 valence electrons. The lowest BCUT2D eigenvalue weighted by Gasteiger charge is -2.20. The number of nitrogens with zero attached hydrogens (tertiary/aromatic N) is 3. The van der Waals surface area contributed by atoms with Crippen molar-refractivity contribution in [1.82, 2.24) is 14.5 Å². The lowest BCUT2D eigenvalue weighted by Crippen LogP contribution is -2.29. The van der Waals surface area contributed by atoms with E-state index in [2.05, 4.69) is 30.8 Å². The van der Waals surface area contributed by atoms with Crippen molar-refractivity contribution in [2.45, 2.75) is 32.9 Å². The standard InChI is InChI=1S/C11H20N4O/c1-9(2)14(3)6-4-7-15-8-5-10(12)13-11(15)16/h5,8-9H,4,6-7H2,1-3H3,(H2,12,13,16). The maximum absolute atomic E-state index is 11.4. The number of nitrogen functional groups attached to an aromatic ring is 1. The maximum atomic E-state index is 11.4. The van der Waals surface area contributed by atoms with Gasteiger partial charge in [0.15, 0.2) is 0 Å². The molecule has 0 amide bonds. The van der Waals surface area contributed by atoms with Crippen LogP contribution in [0.5, 0.6) is 0 Å². The molecule has 0 aliphatic heterocycles. The first-order valence-electron chi connectivity index (χ1n) is 5.54. The van der Waals surface area contributed by atoms with Crippen molar-refractivity contribution in [3.63, 3.8) is 0 Å². The van der Waals surface area contributed by atoms with Crippen molar-refractivity contribution >= 4 is 5.82 Å². The van der Waals surface area contributed by atoms with Crippen LogP contribution in [0.2, 0.25) is 0 Å². The fourth-order valence-corrected chi connectivity index (χ4v) is 1.36. The van der Waals surface area contributed by atoms with E-state index in [9.17, 15) is 4.79 Å². The number of aromatic nitrogens is 2. The highest BCUT2D eigenvalue weighted by molar-refractivity contribution is 5.23. The summed E-state index contributed by atoms with van der Waals surface area (Å²) in [5.41, 5.74) is 5.14. The number of hydrogen-bond acceptors (Lipinski definition) is 4. The third kappa shape index (κ3) is 3.66. The van der Waals surface area contributed by atoms with Gasteiger partial charge >= 0.3 is 5.69 Å². The molecular weight excluding hydrogens is 204 g/mol. The van der Waals surface area contributed by atoms with Gasteiger partial charge in [0.1, 0.15) is 5.82 Å². The molecule has 0 aliphatic rings. The number of rotatable bonds is 5. The average Bonchev–Trinajstić information content (AvgIpc) is 2.20. The monoisotopic (exact) mass is 224 g/mol. The molecular formula is C11H20N4O. The second kappa shape index (κ2) is 5.65. The third-order valence-corrected chi connectivity index (χ3v) is 2.69. The summed E-state index contributed by atoms with van der Waals surface area (Å²) in [7, 11) is 2.08. The lowest BCUT2D eigenvalue weighted by atomic mass is 10.3. The molecule has 0 unspecified atom stereocenters. The van der Waals surface area contributed by atoms with Crippen LogP contribution >= 0.6 is 0 Å². The Bertz CT molecular complexity index is 386. The molecule has 16 heavy (non-hydrogen) atoms. The van der Waals surface area contributed by atoms with Crippen LogP contribution in [0.1, 0.15) is 20.3 Å². The molecule has 5 heteroatoms. The fourth-order valence-electron chi connectivity index (χ4n) is 1.36. The topological polar surface area (TPSA) is 64.2 Å². The van der Waals surface area contributed by atoms with Gasteiger partial charge in [0.25, 0.3) is 0 Å². The van der Waals surface area contributed by atoms with E-state index in [1.54, 1.807) is 16.8 Å². The van der Waals surface area contributed by atoms with Gasteiger partial charge in [-0.15, -0.1) is 0 Å². The van der Waals surface area contributed by atoms with E-state index in [-0.39, 0.29) is 11.5 Å². The molecule has 1 aromatic rings. The largest absolute Gasteiger partial charge is 0.383 e. The predicted molar refractivity (Wildman–Crippen MR) is 65.3 cm³/mol. The minimum absolute atomic E-state index is 0.271. The summed E-state index contributed by atoms with van der Waals surface area (Å²) in [6.07, 6.45) is 2.63. The van der Waals surface area contributed by atoms with Crippen LogP contribution in [-0.4, -0.2) is 34.1 Å². The van der Waals surface area contributed by atoms with Gasteiger partial charge in [-0.2, -0.15) is 4.98 Å². The Labute approximate surface area is 95.9 Å². The maximum Gasteiger partial charge on any atom is 0.349 e. The summed E-state index contributed by atoms with van der Waals surface area (Å²) in [4.78, 5) is 17.3. The van der Waals surface area contributed by atoms with Crippen LogP contribution in [0.25, 0.3) is 0 Å². The second-order valence-corrected chi connectivity index (χ2v) is 4.26. The zero-order valence-corrected chi connectivity index (χ0v) is 10.2. The molecule has 1 aromatic heterocycles. The Morgan fingerprint density at radius 1 is 1.56 bits per heavy atom. The summed E-state index contributed by atoms with van der Waals surface area (Å²) in [6, 6.07) is 2.18. The first kappa shape index (κ1) is 12.7. The molecule has 1 rings (SSSR count). The van der Waals surface area contributed by atoms with Gasteiger partial charge in [-0.3, -0.25) is 4.57 Å². The quantitative estimate of drug-likeness (QED) is 0.793. The number of aryl methyl sites for hydroxylation is 1. The van der Waals surface area contributed by atoms with E-state index in [0.29, 0.717) is 12.6 Å². The summed E-state index contributed by atoms with van der Waals surface area (Å²) in [5.74, 6) is 0.278. The lowest BCUT2D eigenvalue weighted by molar-refractivity contribution is 0.265. The Morgan fingerprint density at radius 2 is 2.25 bits per heavy atom. The predicted octanol–water partition coefficient (Wildman–Crippen LogP) is 0.556. The van der Waals surface area contributed by atoms with E-state index in [1.807, 2.05) is 0 Å². The van der Waals surface area contributed by atoms with E-state index in [4.69, 9.17) is 5.73 Å². The molecule has 0 spiro atoms. The molecule has 0 aliphatic carbocycles. The van der Waals surface area contributed by atoms with Gasteiger partial charge < -0.3 is 10.6 Å². The highest BCUT2D eigenvalue weighted by Crippen LogP contribution is 1.97. The van der Waals surface area contributed by atoms with Crippen molar-refractivity contribution in [2.75, 3.05) is 19.3 Å². The van der Waals surface area contributed by atoms with Gasteiger partial charge in [-0.25, -0.2) is 4.79 Å². The minimum Gasteiger partial charge on any atom is -0.383 e. The van der Waals surface area contributed by atoms with Crippen LogP contribution in [0.3, 0.4) is 0 Å². The zero-order valence-electron chi connectivity index (χ0n) is 10.2. The number of nitrogens with two attached hydrogens (primary N) is 1. The molecule has 0 saturated carbocycles. The molecule has 0 fully saturated rings. The molecule has 0 bridgehead atoms. The highest BCUT2D eigenvalue weighted by Gasteiger charge is 2.03. The van der Waals surface area contributed by atoms with Gasteiger partial charge in [-0.1, -0.05) is 0 Å². The van der Waals surface area contributed by atoms with Gasteiger partial charge in [0.05, 0.1) is 0 Å². The second-order valence-electron chi connectivity index (χ2n) is 4.26. The number of anilines is 1. The molecule has 2 N–H and O–H groups in total. The molecule has 0 atom stereocenters. The van der Waals surface area contributed by atoms with Gasteiger partial charge in [-0.05, 0) is 39.9 Å². The molecule has 0 saturated heterocycles. The molecule has 5 nitrogen and oxygen atoms in total. The summed E-state index contributed by atoms with van der Waals surface area (Å²) < 4.78 is 1.59. The summed E-state index contributed by atoms with van der Waals surface area (Å²) in [5, 5.41) is 0. The fraction of sp³-hybridized carbons (Fsp3) is 0.636. The van der Waals surface area contributed by atoms with Crippen LogP contribution < -0.4 is 11.4 Å². The normalized spacial score (nSPS) is 11.3. The first-order valence-corrected chi connectivity index (χ1v) is 5.54. The van der Waals surface area contributed by atoms with Gasteiger partial charge in [0, 0.05) is 18.8 Å². The van der Waals surface area contributed by atoms with Crippen LogP contribution in [-0.2, 0) is 6.54 Å². The van der Waals surface area contributed by atoms with Crippen molar-refractivity contribution in [1.29, 1.82) is 0 Å². The summed E-state index contributed by atoms with van der Waals surface area (Å²) in [6.45, 7) is 5.95. The van der Waals surface area contributed by atoms with E-state index >= 15 is 0 Å².